The quantitative estimate of drug-likeness (QED) is 0.652. The van der Waals surface area contributed by atoms with Gasteiger partial charge in [-0.05, 0) is 18.6 Å². The van der Waals surface area contributed by atoms with Crippen LogP contribution in [0, 0.1) is 6.92 Å². The number of carbonyl (C=O) groups excluding carboxylic acids is 2. The first-order chi connectivity index (χ1) is 11.5. The molecule has 2 aromatic rings. The molecule has 2 rings (SSSR count). The van der Waals surface area contributed by atoms with E-state index in [0.717, 1.165) is 11.1 Å². The Morgan fingerprint density at radius 3 is 2.46 bits per heavy atom. The number of hydrogen-bond donors (Lipinski definition) is 1. The van der Waals surface area contributed by atoms with Crippen molar-refractivity contribution < 1.29 is 24.2 Å². The number of carbonyl (C=O) groups is 2. The molecule has 0 spiro atoms. The highest BCUT2D eigenvalue weighted by Gasteiger charge is 2.25. The molecule has 0 bridgehead atoms. The van der Waals surface area contributed by atoms with Crippen LogP contribution in [0.25, 0.3) is 0 Å². The molecular formula is C19H20O5. The zero-order valence-corrected chi connectivity index (χ0v) is 13.9. The number of methoxy groups -OCH3 is 2. The molecule has 0 aliphatic carbocycles. The minimum Gasteiger partial charge on any atom is -0.508 e. The number of phenols is 1. The normalized spacial score (nSPS) is 11.6. The molecule has 24 heavy (non-hydrogen) atoms. The molecule has 126 valence electrons. The summed E-state index contributed by atoms with van der Waals surface area (Å²) < 4.78 is 9.59. The zero-order chi connectivity index (χ0) is 17.7. The minimum atomic E-state index is -0.888. The minimum absolute atomic E-state index is 0.0125. The van der Waals surface area contributed by atoms with E-state index >= 15 is 0 Å². The number of benzene rings is 2. The van der Waals surface area contributed by atoms with E-state index in [2.05, 4.69) is 4.74 Å². The lowest BCUT2D eigenvalue weighted by Gasteiger charge is -2.19. The van der Waals surface area contributed by atoms with Crippen LogP contribution in [-0.2, 0) is 14.3 Å². The Morgan fingerprint density at radius 1 is 1.12 bits per heavy atom. The van der Waals surface area contributed by atoms with Gasteiger partial charge < -0.3 is 14.6 Å². The second-order valence-electron chi connectivity index (χ2n) is 5.51. The first-order valence-corrected chi connectivity index (χ1v) is 7.51. The van der Waals surface area contributed by atoms with Crippen LogP contribution in [0.4, 0.5) is 0 Å². The van der Waals surface area contributed by atoms with Gasteiger partial charge in [0.25, 0.3) is 0 Å². The summed E-state index contributed by atoms with van der Waals surface area (Å²) in [5, 5.41) is 10.3. The molecule has 0 aliphatic rings. The van der Waals surface area contributed by atoms with Crippen molar-refractivity contribution in [3.63, 3.8) is 0 Å². The van der Waals surface area contributed by atoms with Crippen LogP contribution in [0.3, 0.4) is 0 Å². The third-order valence-corrected chi connectivity index (χ3v) is 3.86. The van der Waals surface area contributed by atoms with Crippen molar-refractivity contribution in [3.05, 3.63) is 59.2 Å². The molecule has 0 amide bonds. The lowest BCUT2D eigenvalue weighted by atomic mass is 9.86. The van der Waals surface area contributed by atoms with Gasteiger partial charge in [0.1, 0.15) is 11.5 Å². The highest BCUT2D eigenvalue weighted by Crippen LogP contribution is 2.36. The molecule has 0 saturated carbocycles. The van der Waals surface area contributed by atoms with Crippen molar-refractivity contribution in [2.24, 2.45) is 0 Å². The number of hydrogen-bond acceptors (Lipinski definition) is 5. The predicted molar refractivity (Wildman–Crippen MR) is 89.3 cm³/mol. The molecule has 0 aliphatic heterocycles. The lowest BCUT2D eigenvalue weighted by Crippen LogP contribution is -2.19. The topological polar surface area (TPSA) is 72.8 Å². The summed E-state index contributed by atoms with van der Waals surface area (Å²) in [5.41, 5.74) is 2.42. The van der Waals surface area contributed by atoms with Crippen LogP contribution in [0.2, 0.25) is 0 Å². The van der Waals surface area contributed by atoms with Crippen molar-refractivity contribution in [2.45, 2.75) is 19.3 Å². The van der Waals surface area contributed by atoms with E-state index in [9.17, 15) is 14.7 Å². The summed E-state index contributed by atoms with van der Waals surface area (Å²) in [6.45, 7) is 1.94. The summed E-state index contributed by atoms with van der Waals surface area (Å²) in [4.78, 5) is 23.6. The maximum Gasteiger partial charge on any atom is 0.374 e. The highest BCUT2D eigenvalue weighted by atomic mass is 16.5. The van der Waals surface area contributed by atoms with Crippen LogP contribution in [0.1, 0.15) is 29.0 Å². The van der Waals surface area contributed by atoms with Crippen molar-refractivity contribution >= 4 is 11.8 Å². The Bertz CT molecular complexity index is 751. The SMILES string of the molecule is COC(=O)C(=O)C[C@H](c1cccc(C)c1)c1ccc(OC)cc1O. The fourth-order valence-corrected chi connectivity index (χ4v) is 2.62. The van der Waals surface area contributed by atoms with Crippen LogP contribution in [-0.4, -0.2) is 31.1 Å². The summed E-state index contributed by atoms with van der Waals surface area (Å²) >= 11 is 0. The van der Waals surface area contributed by atoms with Crippen LogP contribution >= 0.6 is 0 Å². The molecular weight excluding hydrogens is 308 g/mol. The summed E-state index contributed by atoms with van der Waals surface area (Å²) in [6, 6.07) is 12.5. The Balaban J connectivity index is 2.46. The zero-order valence-electron chi connectivity index (χ0n) is 13.9. The Labute approximate surface area is 140 Å². The fourth-order valence-electron chi connectivity index (χ4n) is 2.62. The molecule has 2 aromatic carbocycles. The van der Waals surface area contributed by atoms with Gasteiger partial charge in [0.05, 0.1) is 14.2 Å². The average molecular weight is 328 g/mol. The second kappa shape index (κ2) is 7.64. The first kappa shape index (κ1) is 17.5. The fraction of sp³-hybridized carbons (Fsp3) is 0.263. The Hall–Kier alpha value is -2.82. The van der Waals surface area contributed by atoms with E-state index in [0.29, 0.717) is 11.3 Å². The van der Waals surface area contributed by atoms with Gasteiger partial charge in [0.2, 0.25) is 5.78 Å². The van der Waals surface area contributed by atoms with E-state index in [4.69, 9.17) is 4.74 Å². The third kappa shape index (κ3) is 3.93. The number of aryl methyl sites for hydroxylation is 1. The van der Waals surface area contributed by atoms with Crippen LogP contribution < -0.4 is 4.74 Å². The molecule has 0 heterocycles. The molecule has 0 radical (unpaired) electrons. The van der Waals surface area contributed by atoms with Gasteiger partial charge >= 0.3 is 5.97 Å². The van der Waals surface area contributed by atoms with Gasteiger partial charge in [-0.25, -0.2) is 4.79 Å². The van der Waals surface area contributed by atoms with Crippen LogP contribution in [0.5, 0.6) is 11.5 Å². The monoisotopic (exact) mass is 328 g/mol. The maximum atomic E-state index is 12.1. The second-order valence-corrected chi connectivity index (χ2v) is 5.51. The van der Waals surface area contributed by atoms with E-state index in [1.807, 2.05) is 31.2 Å². The Morgan fingerprint density at radius 2 is 1.88 bits per heavy atom. The highest BCUT2D eigenvalue weighted by molar-refractivity contribution is 6.33. The smallest absolute Gasteiger partial charge is 0.374 e. The standard InChI is InChI=1S/C19H20O5/c1-12-5-4-6-13(9-12)16(11-18(21)19(22)24-3)15-8-7-14(23-2)10-17(15)20/h4-10,16,20H,11H2,1-3H3/t16-/m1/s1. The lowest BCUT2D eigenvalue weighted by molar-refractivity contribution is -0.151. The van der Waals surface area contributed by atoms with E-state index in [1.165, 1.54) is 20.3 Å². The summed E-state index contributed by atoms with van der Waals surface area (Å²) in [7, 11) is 2.68. The molecule has 5 nitrogen and oxygen atoms in total. The number of esters is 1. The molecule has 0 unspecified atom stereocenters. The molecule has 5 heteroatoms. The summed E-state index contributed by atoms with van der Waals surface area (Å²) in [6.07, 6.45) is -0.0873. The average Bonchev–Trinajstić information content (AvgIpc) is 2.58. The molecule has 1 N–H and O–H groups in total. The van der Waals surface area contributed by atoms with Crippen molar-refractivity contribution in [2.75, 3.05) is 14.2 Å². The third-order valence-electron chi connectivity index (χ3n) is 3.86. The van der Waals surface area contributed by atoms with Gasteiger partial charge in [0, 0.05) is 24.0 Å². The largest absolute Gasteiger partial charge is 0.508 e. The van der Waals surface area contributed by atoms with Gasteiger partial charge in [-0.3, -0.25) is 4.79 Å². The van der Waals surface area contributed by atoms with Crippen molar-refractivity contribution in [1.29, 1.82) is 0 Å². The van der Waals surface area contributed by atoms with Gasteiger partial charge in [-0.2, -0.15) is 0 Å². The molecule has 0 fully saturated rings. The van der Waals surface area contributed by atoms with Crippen molar-refractivity contribution in [3.8, 4) is 11.5 Å². The van der Waals surface area contributed by atoms with Gasteiger partial charge in [0.15, 0.2) is 0 Å². The Kier molecular flexibility index (Phi) is 5.58. The van der Waals surface area contributed by atoms with E-state index in [1.54, 1.807) is 12.1 Å². The molecule has 0 saturated heterocycles. The molecule has 0 aromatic heterocycles. The molecule has 1 atom stereocenters. The summed E-state index contributed by atoms with van der Waals surface area (Å²) in [5.74, 6) is -1.46. The first-order valence-electron chi connectivity index (χ1n) is 7.51. The number of ether oxygens (including phenoxy) is 2. The van der Waals surface area contributed by atoms with Crippen LogP contribution in [0.15, 0.2) is 42.5 Å². The number of rotatable bonds is 6. The maximum absolute atomic E-state index is 12.1. The predicted octanol–water partition coefficient (Wildman–Crippen LogP) is 2.97. The van der Waals surface area contributed by atoms with E-state index < -0.39 is 17.7 Å². The van der Waals surface area contributed by atoms with E-state index in [-0.39, 0.29) is 12.2 Å². The van der Waals surface area contributed by atoms with Crippen molar-refractivity contribution in [1.82, 2.24) is 0 Å². The van der Waals surface area contributed by atoms with Gasteiger partial charge in [-0.15, -0.1) is 0 Å². The number of phenolic OH excluding ortho intramolecular Hbond substituents is 1. The number of aromatic hydroxyl groups is 1. The van der Waals surface area contributed by atoms with Gasteiger partial charge in [-0.1, -0.05) is 35.9 Å². The number of Topliss-reactive ketones (excluding diaryl/α,β-unsaturated/α-hetero) is 1. The number of ketones is 1.